The summed E-state index contributed by atoms with van der Waals surface area (Å²) in [6.07, 6.45) is 2.66. The third-order valence-corrected chi connectivity index (χ3v) is 2.71. The molecule has 76 valence electrons. The molecule has 0 N–H and O–H groups in total. The van der Waals surface area contributed by atoms with Crippen molar-refractivity contribution in [2.24, 2.45) is 5.92 Å². The molecule has 2 heteroatoms. The van der Waals surface area contributed by atoms with Crippen molar-refractivity contribution in [2.75, 3.05) is 6.26 Å². The van der Waals surface area contributed by atoms with Crippen LogP contribution in [0.15, 0.2) is 29.2 Å². The third-order valence-electron chi connectivity index (χ3n) is 1.99. The zero-order valence-corrected chi connectivity index (χ0v) is 9.73. The van der Waals surface area contributed by atoms with Gasteiger partial charge in [-0.1, -0.05) is 26.0 Å². The lowest BCUT2D eigenvalue weighted by atomic mass is 10.0. The monoisotopic (exact) mass is 208 g/mol. The van der Waals surface area contributed by atoms with E-state index < -0.39 is 0 Å². The Morgan fingerprint density at radius 3 is 2.71 bits per heavy atom. The Labute approximate surface area is 89.9 Å². The number of hydrogen-bond acceptors (Lipinski definition) is 2. The first-order valence-corrected chi connectivity index (χ1v) is 6.03. The SMILES string of the molecule is CSc1cccc(C(=O)CC(C)C)c1. The number of rotatable bonds is 4. The van der Waals surface area contributed by atoms with Crippen LogP contribution in [-0.4, -0.2) is 12.0 Å². The fourth-order valence-electron chi connectivity index (χ4n) is 1.29. The molecule has 1 nitrogen and oxygen atoms in total. The van der Waals surface area contributed by atoms with Gasteiger partial charge in [-0.25, -0.2) is 0 Å². The maximum atomic E-state index is 11.7. The van der Waals surface area contributed by atoms with Gasteiger partial charge in [-0.05, 0) is 24.3 Å². The molecule has 0 amide bonds. The minimum atomic E-state index is 0.246. The van der Waals surface area contributed by atoms with Crippen molar-refractivity contribution in [3.8, 4) is 0 Å². The van der Waals surface area contributed by atoms with Crippen molar-refractivity contribution < 1.29 is 4.79 Å². The molecule has 0 aromatic heterocycles. The number of benzene rings is 1. The van der Waals surface area contributed by atoms with Crippen LogP contribution in [0.1, 0.15) is 30.6 Å². The van der Waals surface area contributed by atoms with E-state index in [1.807, 2.05) is 30.5 Å². The van der Waals surface area contributed by atoms with Gasteiger partial charge >= 0.3 is 0 Å². The molecule has 0 unspecified atom stereocenters. The van der Waals surface area contributed by atoms with Gasteiger partial charge in [0.15, 0.2) is 5.78 Å². The maximum Gasteiger partial charge on any atom is 0.163 e. The van der Waals surface area contributed by atoms with Gasteiger partial charge in [0, 0.05) is 16.9 Å². The Bertz CT molecular complexity index is 318. The predicted octanol–water partition coefficient (Wildman–Crippen LogP) is 3.64. The molecule has 0 atom stereocenters. The molecule has 0 saturated carbocycles. The zero-order chi connectivity index (χ0) is 10.6. The molecule has 1 aromatic rings. The summed E-state index contributed by atoms with van der Waals surface area (Å²) in [4.78, 5) is 12.9. The van der Waals surface area contributed by atoms with Crippen molar-refractivity contribution in [3.63, 3.8) is 0 Å². The van der Waals surface area contributed by atoms with E-state index in [1.165, 1.54) is 0 Å². The van der Waals surface area contributed by atoms with Gasteiger partial charge < -0.3 is 0 Å². The lowest BCUT2D eigenvalue weighted by Crippen LogP contribution is -2.03. The van der Waals surface area contributed by atoms with E-state index in [4.69, 9.17) is 0 Å². The van der Waals surface area contributed by atoms with Crippen molar-refractivity contribution in [2.45, 2.75) is 25.2 Å². The van der Waals surface area contributed by atoms with E-state index in [2.05, 4.69) is 13.8 Å². The van der Waals surface area contributed by atoms with Crippen LogP contribution in [0.5, 0.6) is 0 Å². The molecule has 0 aliphatic rings. The summed E-state index contributed by atoms with van der Waals surface area (Å²) in [5.41, 5.74) is 0.838. The van der Waals surface area contributed by atoms with Gasteiger partial charge in [-0.3, -0.25) is 4.79 Å². The topological polar surface area (TPSA) is 17.1 Å². The smallest absolute Gasteiger partial charge is 0.163 e. The molecule has 0 saturated heterocycles. The van der Waals surface area contributed by atoms with Crippen LogP contribution < -0.4 is 0 Å². The molecule has 0 aliphatic carbocycles. The summed E-state index contributed by atoms with van der Waals surface area (Å²) in [6, 6.07) is 7.83. The van der Waals surface area contributed by atoms with E-state index >= 15 is 0 Å². The van der Waals surface area contributed by atoms with Crippen molar-refractivity contribution in [1.29, 1.82) is 0 Å². The van der Waals surface area contributed by atoms with Crippen LogP contribution in [0.3, 0.4) is 0 Å². The lowest BCUT2D eigenvalue weighted by molar-refractivity contribution is 0.0967. The largest absolute Gasteiger partial charge is 0.294 e. The second-order valence-corrected chi connectivity index (χ2v) is 4.63. The van der Waals surface area contributed by atoms with E-state index in [-0.39, 0.29) is 5.78 Å². The Morgan fingerprint density at radius 1 is 1.43 bits per heavy atom. The fraction of sp³-hybridized carbons (Fsp3) is 0.417. The number of Topliss-reactive ketones (excluding diaryl/α,β-unsaturated/α-hetero) is 1. The van der Waals surface area contributed by atoms with Crippen LogP contribution >= 0.6 is 11.8 Å². The summed E-state index contributed by atoms with van der Waals surface area (Å²) in [5, 5.41) is 0. The van der Waals surface area contributed by atoms with Gasteiger partial charge in [0.1, 0.15) is 0 Å². The predicted molar refractivity (Wildman–Crippen MR) is 62.0 cm³/mol. The van der Waals surface area contributed by atoms with Gasteiger partial charge in [-0.2, -0.15) is 0 Å². The van der Waals surface area contributed by atoms with Crippen LogP contribution in [0.2, 0.25) is 0 Å². The van der Waals surface area contributed by atoms with Crippen LogP contribution in [-0.2, 0) is 0 Å². The summed E-state index contributed by atoms with van der Waals surface area (Å²) >= 11 is 1.67. The van der Waals surface area contributed by atoms with Crippen LogP contribution in [0.4, 0.5) is 0 Å². The third kappa shape index (κ3) is 3.18. The number of carbonyl (C=O) groups is 1. The van der Waals surface area contributed by atoms with Gasteiger partial charge in [0.2, 0.25) is 0 Å². The average Bonchev–Trinajstić information content (AvgIpc) is 2.17. The molecule has 14 heavy (non-hydrogen) atoms. The van der Waals surface area contributed by atoms with Crippen LogP contribution in [0.25, 0.3) is 0 Å². The number of carbonyl (C=O) groups excluding carboxylic acids is 1. The quantitative estimate of drug-likeness (QED) is 0.555. The van der Waals surface area contributed by atoms with Crippen LogP contribution in [0, 0.1) is 5.92 Å². The van der Waals surface area contributed by atoms with E-state index in [0.717, 1.165) is 10.5 Å². The molecule has 0 spiro atoms. The summed E-state index contributed by atoms with van der Waals surface area (Å²) in [6.45, 7) is 4.13. The van der Waals surface area contributed by atoms with E-state index in [9.17, 15) is 4.79 Å². The van der Waals surface area contributed by atoms with Crippen molar-refractivity contribution in [1.82, 2.24) is 0 Å². The molecule has 0 bridgehead atoms. The molecule has 0 radical (unpaired) electrons. The Balaban J connectivity index is 2.79. The maximum absolute atomic E-state index is 11.7. The molecule has 0 fully saturated rings. The van der Waals surface area contributed by atoms with E-state index in [1.54, 1.807) is 11.8 Å². The minimum absolute atomic E-state index is 0.246. The van der Waals surface area contributed by atoms with Gasteiger partial charge in [0.05, 0.1) is 0 Å². The molecule has 1 rings (SSSR count). The van der Waals surface area contributed by atoms with E-state index in [0.29, 0.717) is 12.3 Å². The Kier molecular flexibility index (Phi) is 4.21. The number of ketones is 1. The first kappa shape index (κ1) is 11.3. The summed E-state index contributed by atoms with van der Waals surface area (Å²) in [7, 11) is 0. The molecular formula is C12H16OS. The highest BCUT2D eigenvalue weighted by molar-refractivity contribution is 7.98. The minimum Gasteiger partial charge on any atom is -0.294 e. The first-order valence-electron chi connectivity index (χ1n) is 4.80. The van der Waals surface area contributed by atoms with Gasteiger partial charge in [0.25, 0.3) is 0 Å². The Hall–Kier alpha value is -0.760. The average molecular weight is 208 g/mol. The summed E-state index contributed by atoms with van der Waals surface area (Å²) in [5.74, 6) is 0.677. The first-order chi connectivity index (χ1) is 6.63. The second kappa shape index (κ2) is 5.20. The highest BCUT2D eigenvalue weighted by Gasteiger charge is 2.08. The molecule has 0 aliphatic heterocycles. The van der Waals surface area contributed by atoms with Crippen molar-refractivity contribution in [3.05, 3.63) is 29.8 Å². The molecule has 0 heterocycles. The van der Waals surface area contributed by atoms with Crippen molar-refractivity contribution >= 4 is 17.5 Å². The standard InChI is InChI=1S/C12H16OS/c1-9(2)7-12(13)10-5-4-6-11(8-10)14-3/h4-6,8-9H,7H2,1-3H3. The normalized spacial score (nSPS) is 10.6. The number of hydrogen-bond donors (Lipinski definition) is 0. The Morgan fingerprint density at radius 2 is 2.14 bits per heavy atom. The summed E-state index contributed by atoms with van der Waals surface area (Å²) < 4.78 is 0. The fourth-order valence-corrected chi connectivity index (χ4v) is 1.74. The number of thioether (sulfide) groups is 1. The second-order valence-electron chi connectivity index (χ2n) is 3.75. The molecular weight excluding hydrogens is 192 g/mol. The highest BCUT2D eigenvalue weighted by Crippen LogP contribution is 2.17. The zero-order valence-electron chi connectivity index (χ0n) is 8.91. The lowest BCUT2D eigenvalue weighted by Gasteiger charge is -2.04. The highest BCUT2D eigenvalue weighted by atomic mass is 32.2. The molecule has 1 aromatic carbocycles. The van der Waals surface area contributed by atoms with Gasteiger partial charge in [-0.15, -0.1) is 11.8 Å².